The second-order valence-corrected chi connectivity index (χ2v) is 5.39. The predicted molar refractivity (Wildman–Crippen MR) is 78.0 cm³/mol. The summed E-state index contributed by atoms with van der Waals surface area (Å²) in [6, 6.07) is 9.45. The number of Topliss-reactive ketones (excluding diaryl/α,β-unsaturated/α-hetero) is 1. The molecule has 110 valence electrons. The lowest BCUT2D eigenvalue weighted by Gasteiger charge is -2.09. The normalized spacial score (nSPS) is 11.4. The zero-order valence-electron chi connectivity index (χ0n) is 10.7. The Morgan fingerprint density at radius 2 is 1.86 bits per heavy atom. The molecule has 0 fully saturated rings. The van der Waals surface area contributed by atoms with E-state index in [2.05, 4.69) is 15.9 Å². The van der Waals surface area contributed by atoms with Gasteiger partial charge < -0.3 is 5.73 Å². The van der Waals surface area contributed by atoms with Crippen LogP contribution in [0.5, 0.6) is 0 Å². The van der Waals surface area contributed by atoms with Gasteiger partial charge in [-0.15, -0.1) is 0 Å². The van der Waals surface area contributed by atoms with E-state index in [4.69, 9.17) is 5.73 Å². The number of ketones is 1. The molecule has 0 atom stereocenters. The minimum absolute atomic E-state index is 0.0969. The Morgan fingerprint density at radius 3 is 2.48 bits per heavy atom. The summed E-state index contributed by atoms with van der Waals surface area (Å²) < 4.78 is 38.4. The number of hydrogen-bond acceptors (Lipinski definition) is 2. The highest BCUT2D eigenvalue weighted by Crippen LogP contribution is 2.30. The van der Waals surface area contributed by atoms with Crippen molar-refractivity contribution in [2.75, 3.05) is 5.73 Å². The van der Waals surface area contributed by atoms with Crippen LogP contribution in [-0.4, -0.2) is 5.78 Å². The number of rotatable bonds is 3. The Hall–Kier alpha value is -1.82. The van der Waals surface area contributed by atoms with Crippen molar-refractivity contribution in [3.8, 4) is 0 Å². The van der Waals surface area contributed by atoms with Crippen LogP contribution in [0.3, 0.4) is 0 Å². The zero-order chi connectivity index (χ0) is 15.6. The third-order valence-corrected chi connectivity index (χ3v) is 3.63. The summed E-state index contributed by atoms with van der Waals surface area (Å²) in [5, 5.41) is 0. The van der Waals surface area contributed by atoms with Gasteiger partial charge in [0.25, 0.3) is 0 Å². The Labute approximate surface area is 127 Å². The van der Waals surface area contributed by atoms with Crippen LogP contribution < -0.4 is 5.73 Å². The zero-order valence-corrected chi connectivity index (χ0v) is 12.3. The third kappa shape index (κ3) is 3.85. The highest BCUT2D eigenvalue weighted by atomic mass is 79.9. The summed E-state index contributed by atoms with van der Waals surface area (Å²) in [6.45, 7) is 0. The maximum absolute atomic E-state index is 12.6. The van der Waals surface area contributed by atoms with Gasteiger partial charge in [-0.1, -0.05) is 18.2 Å². The molecule has 0 radical (unpaired) electrons. The largest absolute Gasteiger partial charge is 0.416 e. The molecule has 2 N–H and O–H groups in total. The van der Waals surface area contributed by atoms with Crippen molar-refractivity contribution in [2.45, 2.75) is 12.6 Å². The molecule has 0 spiro atoms. The summed E-state index contributed by atoms with van der Waals surface area (Å²) in [6.07, 6.45) is -4.51. The third-order valence-electron chi connectivity index (χ3n) is 2.94. The number of benzene rings is 2. The van der Waals surface area contributed by atoms with E-state index in [1.54, 1.807) is 18.2 Å². The number of carbonyl (C=O) groups excluding carboxylic acids is 1. The molecule has 0 aliphatic rings. The standard InChI is InChI=1S/C15H11BrF3NO/c16-12-8-10(4-5-13(12)20)14(21)7-9-2-1-3-11(6-9)15(17,18)19/h1-6,8H,7,20H2. The van der Waals surface area contributed by atoms with Crippen LogP contribution in [0.2, 0.25) is 0 Å². The van der Waals surface area contributed by atoms with E-state index >= 15 is 0 Å². The fraction of sp³-hybridized carbons (Fsp3) is 0.133. The maximum atomic E-state index is 12.6. The Balaban J connectivity index is 2.21. The van der Waals surface area contributed by atoms with E-state index in [0.29, 0.717) is 21.3 Å². The number of hydrogen-bond donors (Lipinski definition) is 1. The summed E-state index contributed by atoms with van der Waals surface area (Å²) in [5.41, 5.74) is 6.08. The van der Waals surface area contributed by atoms with Crippen molar-refractivity contribution >= 4 is 27.4 Å². The van der Waals surface area contributed by atoms with E-state index in [9.17, 15) is 18.0 Å². The van der Waals surface area contributed by atoms with Gasteiger partial charge >= 0.3 is 6.18 Å². The van der Waals surface area contributed by atoms with E-state index < -0.39 is 11.7 Å². The molecule has 0 heterocycles. The van der Waals surface area contributed by atoms with Crippen LogP contribution in [0.4, 0.5) is 18.9 Å². The summed E-state index contributed by atoms with van der Waals surface area (Å²) in [7, 11) is 0. The minimum atomic E-state index is -4.41. The van der Waals surface area contributed by atoms with Crippen molar-refractivity contribution in [2.24, 2.45) is 0 Å². The van der Waals surface area contributed by atoms with Gasteiger partial charge in [-0.2, -0.15) is 13.2 Å². The monoisotopic (exact) mass is 357 g/mol. The number of nitrogens with two attached hydrogens (primary N) is 1. The molecule has 0 amide bonds. The van der Waals surface area contributed by atoms with Crippen molar-refractivity contribution < 1.29 is 18.0 Å². The van der Waals surface area contributed by atoms with E-state index in [0.717, 1.165) is 12.1 Å². The van der Waals surface area contributed by atoms with Crippen LogP contribution in [0.1, 0.15) is 21.5 Å². The van der Waals surface area contributed by atoms with Crippen LogP contribution in [0.25, 0.3) is 0 Å². The molecule has 0 aromatic heterocycles. The topological polar surface area (TPSA) is 43.1 Å². The van der Waals surface area contributed by atoms with E-state index in [1.165, 1.54) is 12.1 Å². The molecule has 2 aromatic rings. The molecule has 2 nitrogen and oxygen atoms in total. The Morgan fingerprint density at radius 1 is 1.14 bits per heavy atom. The highest BCUT2D eigenvalue weighted by molar-refractivity contribution is 9.10. The number of carbonyl (C=O) groups is 1. The van der Waals surface area contributed by atoms with Gasteiger partial charge in [-0.25, -0.2) is 0 Å². The molecule has 0 aliphatic carbocycles. The van der Waals surface area contributed by atoms with Gasteiger partial charge in [0.1, 0.15) is 0 Å². The first-order valence-corrected chi connectivity index (χ1v) is 6.81. The summed E-state index contributed by atoms with van der Waals surface area (Å²) in [4.78, 5) is 12.1. The fourth-order valence-electron chi connectivity index (χ4n) is 1.85. The molecular weight excluding hydrogens is 347 g/mol. The van der Waals surface area contributed by atoms with Crippen LogP contribution >= 0.6 is 15.9 Å². The minimum Gasteiger partial charge on any atom is -0.398 e. The molecule has 6 heteroatoms. The Bertz CT molecular complexity index is 683. The molecule has 2 aromatic carbocycles. The second-order valence-electron chi connectivity index (χ2n) is 4.53. The lowest BCUT2D eigenvalue weighted by Crippen LogP contribution is -2.08. The quantitative estimate of drug-likeness (QED) is 0.650. The molecule has 0 aliphatic heterocycles. The molecular formula is C15H11BrF3NO. The summed E-state index contributed by atoms with van der Waals surface area (Å²) >= 11 is 3.21. The van der Waals surface area contributed by atoms with Crippen molar-refractivity contribution in [1.82, 2.24) is 0 Å². The number of anilines is 1. The van der Waals surface area contributed by atoms with Gasteiger partial charge in [0.2, 0.25) is 0 Å². The number of halogens is 4. The first-order chi connectivity index (χ1) is 9.77. The fourth-order valence-corrected chi connectivity index (χ4v) is 2.22. The van der Waals surface area contributed by atoms with E-state index in [1.807, 2.05) is 0 Å². The number of alkyl halides is 3. The summed E-state index contributed by atoms with van der Waals surface area (Å²) in [5.74, 6) is -0.268. The van der Waals surface area contributed by atoms with Gasteiger partial charge in [0.15, 0.2) is 5.78 Å². The average molecular weight is 358 g/mol. The highest BCUT2D eigenvalue weighted by Gasteiger charge is 2.30. The lowest BCUT2D eigenvalue weighted by molar-refractivity contribution is -0.137. The van der Waals surface area contributed by atoms with Crippen molar-refractivity contribution in [3.63, 3.8) is 0 Å². The first kappa shape index (κ1) is 15.6. The molecule has 21 heavy (non-hydrogen) atoms. The first-order valence-electron chi connectivity index (χ1n) is 6.02. The van der Waals surface area contributed by atoms with Gasteiger partial charge in [-0.3, -0.25) is 4.79 Å². The lowest BCUT2D eigenvalue weighted by atomic mass is 10.0. The predicted octanol–water partition coefficient (Wildman–Crippen LogP) is 4.48. The number of nitrogen functional groups attached to an aromatic ring is 1. The van der Waals surface area contributed by atoms with Gasteiger partial charge in [0, 0.05) is 22.1 Å². The maximum Gasteiger partial charge on any atom is 0.416 e. The molecule has 0 bridgehead atoms. The molecule has 2 rings (SSSR count). The molecule has 0 saturated heterocycles. The molecule has 0 saturated carbocycles. The average Bonchev–Trinajstić information content (AvgIpc) is 2.41. The van der Waals surface area contributed by atoms with Crippen molar-refractivity contribution in [3.05, 3.63) is 63.6 Å². The van der Waals surface area contributed by atoms with Crippen LogP contribution in [0.15, 0.2) is 46.9 Å². The molecule has 0 unspecified atom stereocenters. The van der Waals surface area contributed by atoms with Gasteiger partial charge in [0.05, 0.1) is 5.56 Å². The van der Waals surface area contributed by atoms with Crippen molar-refractivity contribution in [1.29, 1.82) is 0 Å². The van der Waals surface area contributed by atoms with Gasteiger partial charge in [-0.05, 0) is 45.8 Å². The SMILES string of the molecule is Nc1ccc(C(=O)Cc2cccc(C(F)(F)F)c2)cc1Br. The smallest absolute Gasteiger partial charge is 0.398 e. The van der Waals surface area contributed by atoms with Crippen LogP contribution in [0, 0.1) is 0 Å². The Kier molecular flexibility index (Phi) is 4.37. The van der Waals surface area contributed by atoms with E-state index in [-0.39, 0.29) is 12.2 Å². The van der Waals surface area contributed by atoms with Crippen LogP contribution in [-0.2, 0) is 12.6 Å². The second kappa shape index (κ2) is 5.89.